The van der Waals surface area contributed by atoms with Crippen LogP contribution in [-0.4, -0.2) is 37.8 Å². The Labute approximate surface area is 68.6 Å². The molecule has 0 saturated carbocycles. The maximum Gasteiger partial charge on any atom is 0.0656 e. The van der Waals surface area contributed by atoms with Gasteiger partial charge in [0.2, 0.25) is 0 Å². The Kier molecular flexibility index (Phi) is 2.83. The predicted octanol–water partition coefficient (Wildman–Crippen LogP) is 1.34. The molecule has 2 nitrogen and oxygen atoms in total. The lowest BCUT2D eigenvalue weighted by atomic mass is 9.99. The second kappa shape index (κ2) is 3.67. The van der Waals surface area contributed by atoms with Gasteiger partial charge in [-0.1, -0.05) is 12.2 Å². The minimum Gasteiger partial charge on any atom is -0.298 e. The first-order chi connectivity index (χ1) is 5.25. The van der Waals surface area contributed by atoms with Crippen LogP contribution in [0.3, 0.4) is 0 Å². The standard InChI is InChI=1S/C9H16N2/c1-10-8-6-4-5-7-9(8)11(2)3/h5,7,9H,4,6H2,1-3H3. The molecule has 0 aromatic heterocycles. The predicted molar refractivity (Wildman–Crippen MR) is 49.2 cm³/mol. The van der Waals surface area contributed by atoms with E-state index >= 15 is 0 Å². The third-order valence-electron chi connectivity index (χ3n) is 2.07. The summed E-state index contributed by atoms with van der Waals surface area (Å²) in [7, 11) is 6.06. The Bertz CT molecular complexity index is 180. The van der Waals surface area contributed by atoms with Crippen LogP contribution in [0, 0.1) is 0 Å². The summed E-state index contributed by atoms with van der Waals surface area (Å²) in [6, 6.07) is 0.439. The summed E-state index contributed by atoms with van der Waals surface area (Å²) < 4.78 is 0. The van der Waals surface area contributed by atoms with Gasteiger partial charge in [-0.25, -0.2) is 0 Å². The zero-order chi connectivity index (χ0) is 8.27. The van der Waals surface area contributed by atoms with Gasteiger partial charge < -0.3 is 0 Å². The lowest BCUT2D eigenvalue weighted by Crippen LogP contribution is -2.35. The van der Waals surface area contributed by atoms with Gasteiger partial charge in [-0.05, 0) is 26.9 Å². The highest BCUT2D eigenvalue weighted by atomic mass is 15.1. The number of aliphatic imine (C=N–C) groups is 1. The normalized spacial score (nSPS) is 28.4. The number of hydrogen-bond donors (Lipinski definition) is 0. The number of rotatable bonds is 1. The fourth-order valence-electron chi connectivity index (χ4n) is 1.43. The largest absolute Gasteiger partial charge is 0.298 e. The first-order valence-corrected chi connectivity index (χ1v) is 4.04. The lowest BCUT2D eigenvalue weighted by molar-refractivity contribution is 0.401. The number of allylic oxidation sites excluding steroid dienone is 1. The van der Waals surface area contributed by atoms with Crippen LogP contribution in [0.15, 0.2) is 17.1 Å². The van der Waals surface area contributed by atoms with Crippen molar-refractivity contribution in [2.75, 3.05) is 21.1 Å². The summed E-state index contributed by atoms with van der Waals surface area (Å²) in [6.45, 7) is 0. The van der Waals surface area contributed by atoms with Crippen LogP contribution in [0.25, 0.3) is 0 Å². The number of nitrogens with zero attached hydrogens (tertiary/aromatic N) is 2. The van der Waals surface area contributed by atoms with Gasteiger partial charge in [-0.2, -0.15) is 0 Å². The SMILES string of the molecule is CN=C1CCC=CC1N(C)C. The smallest absolute Gasteiger partial charge is 0.0656 e. The summed E-state index contributed by atoms with van der Waals surface area (Å²) in [5.41, 5.74) is 1.30. The van der Waals surface area contributed by atoms with Crippen molar-refractivity contribution in [1.82, 2.24) is 4.90 Å². The van der Waals surface area contributed by atoms with Crippen LogP contribution < -0.4 is 0 Å². The fourth-order valence-corrected chi connectivity index (χ4v) is 1.43. The molecule has 1 rings (SSSR count). The van der Waals surface area contributed by atoms with E-state index in [0.29, 0.717) is 6.04 Å². The highest BCUT2D eigenvalue weighted by molar-refractivity contribution is 5.92. The van der Waals surface area contributed by atoms with Crippen molar-refractivity contribution in [3.05, 3.63) is 12.2 Å². The molecule has 0 saturated heterocycles. The zero-order valence-electron chi connectivity index (χ0n) is 7.54. The molecule has 2 heteroatoms. The molecule has 0 amide bonds. The van der Waals surface area contributed by atoms with E-state index in [1.54, 1.807) is 0 Å². The Hall–Kier alpha value is -0.630. The van der Waals surface area contributed by atoms with Crippen LogP contribution in [-0.2, 0) is 0 Å². The maximum absolute atomic E-state index is 4.27. The van der Waals surface area contributed by atoms with Crippen molar-refractivity contribution in [3.63, 3.8) is 0 Å². The van der Waals surface area contributed by atoms with Crippen LogP contribution in [0.1, 0.15) is 12.8 Å². The van der Waals surface area contributed by atoms with Crippen molar-refractivity contribution >= 4 is 5.71 Å². The van der Waals surface area contributed by atoms with Gasteiger partial charge in [0, 0.05) is 12.8 Å². The second-order valence-corrected chi connectivity index (χ2v) is 3.09. The summed E-state index contributed by atoms with van der Waals surface area (Å²) in [4.78, 5) is 6.47. The van der Waals surface area contributed by atoms with E-state index in [-0.39, 0.29) is 0 Å². The Morgan fingerprint density at radius 3 is 2.73 bits per heavy atom. The molecule has 0 fully saturated rings. The molecular formula is C9H16N2. The van der Waals surface area contributed by atoms with Crippen LogP contribution >= 0.6 is 0 Å². The van der Waals surface area contributed by atoms with Crippen molar-refractivity contribution in [2.45, 2.75) is 18.9 Å². The maximum atomic E-state index is 4.27. The summed E-state index contributed by atoms with van der Waals surface area (Å²) in [6.07, 6.45) is 6.73. The van der Waals surface area contributed by atoms with Crippen LogP contribution in [0.4, 0.5) is 0 Å². The lowest BCUT2D eigenvalue weighted by Gasteiger charge is -2.25. The second-order valence-electron chi connectivity index (χ2n) is 3.09. The third kappa shape index (κ3) is 1.90. The monoisotopic (exact) mass is 152 g/mol. The van der Waals surface area contributed by atoms with Crippen LogP contribution in [0.2, 0.25) is 0 Å². The van der Waals surface area contributed by atoms with Crippen LogP contribution in [0.5, 0.6) is 0 Å². The quantitative estimate of drug-likeness (QED) is 0.518. The third-order valence-corrected chi connectivity index (χ3v) is 2.07. The Balaban J connectivity index is 2.73. The molecule has 11 heavy (non-hydrogen) atoms. The van der Waals surface area contributed by atoms with Gasteiger partial charge in [0.05, 0.1) is 6.04 Å². The Morgan fingerprint density at radius 1 is 1.55 bits per heavy atom. The van der Waals surface area contributed by atoms with E-state index < -0.39 is 0 Å². The van der Waals surface area contributed by atoms with E-state index in [4.69, 9.17) is 0 Å². The molecule has 1 unspecified atom stereocenters. The molecule has 0 radical (unpaired) electrons. The first-order valence-electron chi connectivity index (χ1n) is 4.04. The molecule has 0 bridgehead atoms. The molecule has 0 aromatic rings. The van der Waals surface area contributed by atoms with Gasteiger partial charge in [0.1, 0.15) is 0 Å². The number of hydrogen-bond acceptors (Lipinski definition) is 2. The summed E-state index contributed by atoms with van der Waals surface area (Å²) in [5, 5.41) is 0. The van der Waals surface area contributed by atoms with Crippen molar-refractivity contribution in [3.8, 4) is 0 Å². The minimum absolute atomic E-state index is 0.439. The van der Waals surface area contributed by atoms with Gasteiger partial charge >= 0.3 is 0 Å². The van der Waals surface area contributed by atoms with E-state index in [1.165, 1.54) is 5.71 Å². The highest BCUT2D eigenvalue weighted by Crippen LogP contribution is 2.11. The van der Waals surface area contributed by atoms with Gasteiger partial charge in [0.15, 0.2) is 0 Å². The highest BCUT2D eigenvalue weighted by Gasteiger charge is 2.16. The van der Waals surface area contributed by atoms with Crippen molar-refractivity contribution in [1.29, 1.82) is 0 Å². The summed E-state index contributed by atoms with van der Waals surface area (Å²) in [5.74, 6) is 0. The van der Waals surface area contributed by atoms with Crippen molar-refractivity contribution < 1.29 is 0 Å². The topological polar surface area (TPSA) is 15.6 Å². The van der Waals surface area contributed by atoms with Gasteiger partial charge in [-0.3, -0.25) is 9.89 Å². The molecule has 0 aromatic carbocycles. The molecule has 0 aliphatic heterocycles. The average Bonchev–Trinajstić information content (AvgIpc) is 2.04. The van der Waals surface area contributed by atoms with E-state index in [2.05, 4.69) is 36.1 Å². The molecule has 0 heterocycles. The Morgan fingerprint density at radius 2 is 2.27 bits per heavy atom. The zero-order valence-corrected chi connectivity index (χ0v) is 7.54. The molecule has 1 aliphatic carbocycles. The molecule has 0 spiro atoms. The van der Waals surface area contributed by atoms with E-state index in [9.17, 15) is 0 Å². The molecule has 1 aliphatic rings. The first kappa shape index (κ1) is 8.47. The van der Waals surface area contributed by atoms with E-state index in [0.717, 1.165) is 12.8 Å². The molecule has 0 N–H and O–H groups in total. The fraction of sp³-hybridized carbons (Fsp3) is 0.667. The van der Waals surface area contributed by atoms with Gasteiger partial charge in [0.25, 0.3) is 0 Å². The average molecular weight is 152 g/mol. The van der Waals surface area contributed by atoms with Crippen molar-refractivity contribution in [2.24, 2.45) is 4.99 Å². The minimum atomic E-state index is 0.439. The number of likely N-dealkylation sites (N-methyl/N-ethyl adjacent to an activating group) is 1. The summed E-state index contributed by atoms with van der Waals surface area (Å²) >= 11 is 0. The van der Waals surface area contributed by atoms with Gasteiger partial charge in [-0.15, -0.1) is 0 Å². The molecule has 62 valence electrons. The van der Waals surface area contributed by atoms with E-state index in [1.807, 2.05) is 7.05 Å². The molecule has 1 atom stereocenters. The molecular weight excluding hydrogens is 136 g/mol.